The van der Waals surface area contributed by atoms with Gasteiger partial charge in [-0.15, -0.1) is 0 Å². The van der Waals surface area contributed by atoms with Gasteiger partial charge in [0.15, 0.2) is 11.5 Å². The molecule has 7 heteroatoms. The monoisotopic (exact) mass is 345 g/mol. The third kappa shape index (κ3) is 3.09. The molecule has 0 aliphatic heterocycles. The Labute approximate surface area is 142 Å². The van der Waals surface area contributed by atoms with Crippen molar-refractivity contribution in [3.63, 3.8) is 0 Å². The van der Waals surface area contributed by atoms with Crippen molar-refractivity contribution in [1.29, 1.82) is 0 Å². The molecule has 24 heavy (non-hydrogen) atoms. The number of anilines is 1. The number of aromatic nitrogens is 2. The van der Waals surface area contributed by atoms with E-state index in [1.54, 1.807) is 24.3 Å². The number of para-hydroxylation sites is 2. The second-order valence-corrected chi connectivity index (χ2v) is 5.25. The Balaban J connectivity index is 2.02. The molecule has 122 valence electrons. The van der Waals surface area contributed by atoms with Crippen LogP contribution < -0.4 is 15.2 Å². The van der Waals surface area contributed by atoms with Gasteiger partial charge < -0.3 is 15.2 Å². The number of methoxy groups -OCH3 is 1. The van der Waals surface area contributed by atoms with Crippen LogP contribution in [0, 0.1) is 5.82 Å². The third-order valence-corrected chi connectivity index (χ3v) is 3.54. The summed E-state index contributed by atoms with van der Waals surface area (Å²) in [6.07, 6.45) is 1.25. The Morgan fingerprint density at radius 3 is 2.54 bits per heavy atom. The van der Waals surface area contributed by atoms with Crippen LogP contribution in [0.1, 0.15) is 0 Å². The second-order valence-electron chi connectivity index (χ2n) is 4.82. The minimum Gasteiger partial charge on any atom is -0.493 e. The normalized spacial score (nSPS) is 10.5. The molecule has 5 nitrogen and oxygen atoms in total. The summed E-state index contributed by atoms with van der Waals surface area (Å²) in [6, 6.07) is 11.3. The first-order valence-corrected chi connectivity index (χ1v) is 7.34. The first kappa shape index (κ1) is 16.0. The van der Waals surface area contributed by atoms with E-state index in [4.69, 9.17) is 26.8 Å². The van der Waals surface area contributed by atoms with Crippen molar-refractivity contribution in [2.75, 3.05) is 12.8 Å². The van der Waals surface area contributed by atoms with Gasteiger partial charge in [-0.25, -0.2) is 9.37 Å². The van der Waals surface area contributed by atoms with Gasteiger partial charge in [0.2, 0.25) is 5.88 Å². The van der Waals surface area contributed by atoms with Crippen LogP contribution in [0.4, 0.5) is 10.1 Å². The maximum Gasteiger partial charge on any atom is 0.246 e. The largest absolute Gasteiger partial charge is 0.493 e. The molecule has 3 aromatic rings. The summed E-state index contributed by atoms with van der Waals surface area (Å²) in [5, 5.41) is 0.286. The second kappa shape index (κ2) is 6.72. The van der Waals surface area contributed by atoms with E-state index in [-0.39, 0.29) is 27.8 Å². The van der Waals surface area contributed by atoms with Gasteiger partial charge in [-0.2, -0.15) is 4.98 Å². The average Bonchev–Trinajstić information content (AvgIpc) is 2.58. The van der Waals surface area contributed by atoms with E-state index in [0.29, 0.717) is 11.5 Å². The van der Waals surface area contributed by atoms with E-state index >= 15 is 0 Å². The van der Waals surface area contributed by atoms with E-state index in [1.807, 2.05) is 6.07 Å². The van der Waals surface area contributed by atoms with Gasteiger partial charge in [0.1, 0.15) is 23.5 Å². The summed E-state index contributed by atoms with van der Waals surface area (Å²) in [4.78, 5) is 8.07. The quantitative estimate of drug-likeness (QED) is 0.762. The number of benzene rings is 2. The molecule has 0 aliphatic carbocycles. The number of ether oxygens (including phenoxy) is 2. The van der Waals surface area contributed by atoms with Crippen molar-refractivity contribution in [3.8, 4) is 28.6 Å². The van der Waals surface area contributed by atoms with E-state index < -0.39 is 5.82 Å². The average molecular weight is 346 g/mol. The van der Waals surface area contributed by atoms with Crippen molar-refractivity contribution in [3.05, 3.63) is 59.6 Å². The molecule has 1 heterocycles. The van der Waals surface area contributed by atoms with Crippen molar-refractivity contribution < 1.29 is 13.9 Å². The molecule has 0 atom stereocenters. The zero-order valence-corrected chi connectivity index (χ0v) is 13.4. The highest BCUT2D eigenvalue weighted by atomic mass is 35.5. The number of halogens is 2. The van der Waals surface area contributed by atoms with Crippen molar-refractivity contribution in [1.82, 2.24) is 9.97 Å². The van der Waals surface area contributed by atoms with Gasteiger partial charge in [-0.1, -0.05) is 23.7 Å². The highest BCUT2D eigenvalue weighted by molar-refractivity contribution is 6.30. The summed E-state index contributed by atoms with van der Waals surface area (Å²) in [5.74, 6) is 0.539. The van der Waals surface area contributed by atoms with Crippen LogP contribution in [0.15, 0.2) is 48.8 Å². The Kier molecular flexibility index (Phi) is 4.48. The van der Waals surface area contributed by atoms with E-state index in [1.165, 1.54) is 25.6 Å². The van der Waals surface area contributed by atoms with Gasteiger partial charge in [-0.05, 0) is 30.3 Å². The van der Waals surface area contributed by atoms with Crippen LogP contribution in [0.5, 0.6) is 17.4 Å². The predicted octanol–water partition coefficient (Wildman–Crippen LogP) is 4.32. The van der Waals surface area contributed by atoms with Crippen molar-refractivity contribution in [2.24, 2.45) is 0 Å². The van der Waals surface area contributed by atoms with Crippen LogP contribution in [-0.4, -0.2) is 17.1 Å². The molecule has 2 aromatic carbocycles. The van der Waals surface area contributed by atoms with Gasteiger partial charge in [0.05, 0.1) is 7.11 Å². The van der Waals surface area contributed by atoms with E-state index in [9.17, 15) is 4.39 Å². The summed E-state index contributed by atoms with van der Waals surface area (Å²) < 4.78 is 25.1. The molecule has 0 unspecified atom stereocenters. The lowest BCUT2D eigenvalue weighted by molar-refractivity contribution is 0.374. The topological polar surface area (TPSA) is 70.3 Å². The maximum absolute atomic E-state index is 14.1. The first-order chi connectivity index (χ1) is 11.6. The molecule has 0 saturated heterocycles. The molecule has 3 rings (SSSR count). The zero-order valence-electron chi connectivity index (χ0n) is 12.7. The molecule has 2 N–H and O–H groups in total. The number of nitrogens with zero attached hydrogens (tertiary/aromatic N) is 2. The van der Waals surface area contributed by atoms with Crippen LogP contribution in [-0.2, 0) is 0 Å². The number of nitrogen functional groups attached to an aromatic ring is 1. The molecule has 0 aliphatic rings. The molecule has 0 bridgehead atoms. The number of hydrogen-bond donors (Lipinski definition) is 1. The molecular weight excluding hydrogens is 333 g/mol. The number of rotatable bonds is 4. The lowest BCUT2D eigenvalue weighted by Crippen LogP contribution is -2.01. The van der Waals surface area contributed by atoms with E-state index in [0.717, 1.165) is 0 Å². The minimum atomic E-state index is -0.531. The molecule has 0 spiro atoms. The lowest BCUT2D eigenvalue weighted by Gasteiger charge is -2.12. The molecule has 0 radical (unpaired) electrons. The highest BCUT2D eigenvalue weighted by Gasteiger charge is 2.16. The minimum absolute atomic E-state index is 0.110. The standard InChI is InChI=1S/C17H13ClFN3O2/c1-23-13-4-2-3-5-14(13)24-17-15(20)16(21-9-22-17)11-7-6-10(18)8-12(11)19/h2-9H,20H2,1H3. The molecule has 0 saturated carbocycles. The van der Waals surface area contributed by atoms with Crippen molar-refractivity contribution in [2.45, 2.75) is 0 Å². The van der Waals surface area contributed by atoms with Crippen molar-refractivity contribution >= 4 is 17.3 Å². The van der Waals surface area contributed by atoms with Gasteiger partial charge in [0.25, 0.3) is 0 Å². The fraction of sp³-hybridized carbons (Fsp3) is 0.0588. The molecule has 0 amide bonds. The molecule has 1 aromatic heterocycles. The summed E-state index contributed by atoms with van der Waals surface area (Å²) in [7, 11) is 1.53. The molecular formula is C17H13ClFN3O2. The SMILES string of the molecule is COc1ccccc1Oc1ncnc(-c2ccc(Cl)cc2F)c1N. The fourth-order valence-corrected chi connectivity index (χ4v) is 2.32. The Bertz CT molecular complexity index is 889. The zero-order chi connectivity index (χ0) is 17.1. The first-order valence-electron chi connectivity index (χ1n) is 6.97. The lowest BCUT2D eigenvalue weighted by atomic mass is 10.1. The number of nitrogens with two attached hydrogens (primary N) is 1. The fourth-order valence-electron chi connectivity index (χ4n) is 2.16. The third-order valence-electron chi connectivity index (χ3n) is 3.31. The predicted molar refractivity (Wildman–Crippen MR) is 89.9 cm³/mol. The number of hydrogen-bond acceptors (Lipinski definition) is 5. The Hall–Kier alpha value is -2.86. The smallest absolute Gasteiger partial charge is 0.246 e. The van der Waals surface area contributed by atoms with Crippen LogP contribution >= 0.6 is 11.6 Å². The summed E-state index contributed by atoms with van der Waals surface area (Å²) >= 11 is 5.77. The Morgan fingerprint density at radius 2 is 1.83 bits per heavy atom. The summed E-state index contributed by atoms with van der Waals surface area (Å²) in [6.45, 7) is 0. The summed E-state index contributed by atoms with van der Waals surface area (Å²) in [5.41, 5.74) is 6.62. The van der Waals surface area contributed by atoms with E-state index in [2.05, 4.69) is 9.97 Å². The highest BCUT2D eigenvalue weighted by Crippen LogP contribution is 2.36. The van der Waals surface area contributed by atoms with Crippen LogP contribution in [0.3, 0.4) is 0 Å². The molecule has 0 fully saturated rings. The van der Waals surface area contributed by atoms with Gasteiger partial charge >= 0.3 is 0 Å². The Morgan fingerprint density at radius 1 is 1.08 bits per heavy atom. The van der Waals surface area contributed by atoms with Crippen LogP contribution in [0.25, 0.3) is 11.3 Å². The maximum atomic E-state index is 14.1. The van der Waals surface area contributed by atoms with Crippen LogP contribution in [0.2, 0.25) is 5.02 Å². The van der Waals surface area contributed by atoms with Gasteiger partial charge in [0, 0.05) is 10.6 Å². The van der Waals surface area contributed by atoms with Gasteiger partial charge in [-0.3, -0.25) is 0 Å².